The Morgan fingerprint density at radius 3 is 3.00 bits per heavy atom. The van der Waals surface area contributed by atoms with Gasteiger partial charge in [-0.3, -0.25) is 4.98 Å². The molecule has 0 saturated heterocycles. The molecule has 14 heavy (non-hydrogen) atoms. The van der Waals surface area contributed by atoms with Crippen molar-refractivity contribution < 1.29 is 5.11 Å². The Balaban J connectivity index is 2.24. The molecule has 2 unspecified atom stereocenters. The van der Waals surface area contributed by atoms with Crippen molar-refractivity contribution in [3.8, 4) is 0 Å². The van der Waals surface area contributed by atoms with Gasteiger partial charge in [0.25, 0.3) is 0 Å². The minimum absolute atomic E-state index is 0.227. The third-order valence-corrected chi connectivity index (χ3v) is 3.12. The Kier molecular flexibility index (Phi) is 5.07. The van der Waals surface area contributed by atoms with E-state index in [2.05, 4.69) is 24.1 Å². The number of rotatable bonds is 6. The molecule has 3 nitrogen and oxygen atoms in total. The molecule has 1 aromatic heterocycles. The molecule has 4 heteroatoms. The van der Waals surface area contributed by atoms with Crippen LogP contribution in [0.15, 0.2) is 11.7 Å². The molecule has 1 rings (SSSR count). The number of aromatic nitrogens is 1. The van der Waals surface area contributed by atoms with Crippen LogP contribution in [0.3, 0.4) is 0 Å². The van der Waals surface area contributed by atoms with Gasteiger partial charge in [-0.05, 0) is 13.3 Å². The quantitative estimate of drug-likeness (QED) is 0.761. The number of nitrogens with zero attached hydrogens (tertiary/aromatic N) is 1. The van der Waals surface area contributed by atoms with E-state index in [-0.39, 0.29) is 12.1 Å². The average Bonchev–Trinajstić information content (AvgIpc) is 2.67. The van der Waals surface area contributed by atoms with Gasteiger partial charge in [-0.2, -0.15) is 0 Å². The zero-order valence-corrected chi connectivity index (χ0v) is 9.55. The van der Waals surface area contributed by atoms with Crippen molar-refractivity contribution in [3.63, 3.8) is 0 Å². The molecule has 0 fully saturated rings. The van der Waals surface area contributed by atoms with E-state index in [9.17, 15) is 5.11 Å². The predicted molar refractivity (Wildman–Crippen MR) is 59.4 cm³/mol. The third-order valence-electron chi connectivity index (χ3n) is 2.16. The molecule has 0 spiro atoms. The highest BCUT2D eigenvalue weighted by atomic mass is 32.1. The summed E-state index contributed by atoms with van der Waals surface area (Å²) in [7, 11) is 0. The normalized spacial score (nSPS) is 15.4. The van der Waals surface area contributed by atoms with Gasteiger partial charge in [0.15, 0.2) is 0 Å². The van der Waals surface area contributed by atoms with Crippen LogP contribution in [0.2, 0.25) is 0 Å². The van der Waals surface area contributed by atoms with Gasteiger partial charge in [0.2, 0.25) is 0 Å². The summed E-state index contributed by atoms with van der Waals surface area (Å²) >= 11 is 1.64. The minimum atomic E-state index is -0.227. The lowest BCUT2D eigenvalue weighted by Gasteiger charge is -2.15. The summed E-state index contributed by atoms with van der Waals surface area (Å²) in [6.45, 7) is 4.83. The molecule has 0 bridgehead atoms. The van der Waals surface area contributed by atoms with Gasteiger partial charge in [-0.25, -0.2) is 0 Å². The van der Waals surface area contributed by atoms with Crippen LogP contribution in [0.5, 0.6) is 0 Å². The number of hydrogen-bond acceptors (Lipinski definition) is 4. The molecule has 0 radical (unpaired) electrons. The molecule has 2 atom stereocenters. The molecule has 1 aromatic rings. The molecule has 0 aliphatic rings. The number of thiazole rings is 1. The summed E-state index contributed by atoms with van der Waals surface area (Å²) in [5.41, 5.74) is 1.83. The fourth-order valence-corrected chi connectivity index (χ4v) is 1.94. The number of aliphatic hydroxyl groups is 1. The summed E-state index contributed by atoms with van der Waals surface area (Å²) in [5, 5.41) is 12.8. The molecule has 0 amide bonds. The van der Waals surface area contributed by atoms with E-state index >= 15 is 0 Å². The Hall–Kier alpha value is -0.450. The lowest BCUT2D eigenvalue weighted by Crippen LogP contribution is -2.28. The molecule has 0 saturated carbocycles. The second kappa shape index (κ2) is 6.11. The van der Waals surface area contributed by atoms with Crippen molar-refractivity contribution in [1.29, 1.82) is 0 Å². The largest absolute Gasteiger partial charge is 0.392 e. The first-order chi connectivity index (χ1) is 6.74. The molecule has 80 valence electrons. The average molecular weight is 214 g/mol. The van der Waals surface area contributed by atoms with Crippen LogP contribution >= 0.6 is 11.3 Å². The van der Waals surface area contributed by atoms with Crippen LogP contribution in [0, 0.1) is 0 Å². The van der Waals surface area contributed by atoms with E-state index in [1.165, 1.54) is 4.88 Å². The Morgan fingerprint density at radius 2 is 2.43 bits per heavy atom. The fourth-order valence-electron chi connectivity index (χ4n) is 1.29. The Morgan fingerprint density at radius 1 is 1.64 bits per heavy atom. The highest BCUT2D eigenvalue weighted by Gasteiger charge is 2.08. The van der Waals surface area contributed by atoms with Gasteiger partial charge in [0, 0.05) is 23.7 Å². The van der Waals surface area contributed by atoms with Crippen LogP contribution in [0.25, 0.3) is 0 Å². The van der Waals surface area contributed by atoms with Gasteiger partial charge >= 0.3 is 0 Å². The summed E-state index contributed by atoms with van der Waals surface area (Å²) in [4.78, 5) is 5.24. The van der Waals surface area contributed by atoms with E-state index in [4.69, 9.17) is 0 Å². The van der Waals surface area contributed by atoms with Crippen molar-refractivity contribution >= 4 is 11.3 Å². The smallest absolute Gasteiger partial charge is 0.0794 e. The molecule has 1 heterocycles. The lowest BCUT2D eigenvalue weighted by molar-refractivity contribution is 0.157. The SMILES string of the molecule is CCCC(O)CNC(C)c1cncs1. The van der Waals surface area contributed by atoms with Crippen LogP contribution in [0.4, 0.5) is 0 Å². The van der Waals surface area contributed by atoms with E-state index in [1.54, 1.807) is 11.3 Å². The predicted octanol–water partition coefficient (Wildman–Crippen LogP) is 1.95. The standard InChI is InChI=1S/C10H18N2OS/c1-3-4-9(13)5-12-8(2)10-6-11-7-14-10/h6-9,12-13H,3-5H2,1-2H3. The van der Waals surface area contributed by atoms with Crippen molar-refractivity contribution in [1.82, 2.24) is 10.3 Å². The monoisotopic (exact) mass is 214 g/mol. The molecular formula is C10H18N2OS. The van der Waals surface area contributed by atoms with Crippen LogP contribution < -0.4 is 5.32 Å². The van der Waals surface area contributed by atoms with Gasteiger partial charge in [-0.1, -0.05) is 13.3 Å². The zero-order valence-electron chi connectivity index (χ0n) is 8.73. The minimum Gasteiger partial charge on any atom is -0.392 e. The van der Waals surface area contributed by atoms with Crippen LogP contribution in [-0.2, 0) is 0 Å². The topological polar surface area (TPSA) is 45.1 Å². The first-order valence-electron chi connectivity index (χ1n) is 5.03. The maximum Gasteiger partial charge on any atom is 0.0794 e. The molecule has 0 aliphatic heterocycles. The van der Waals surface area contributed by atoms with E-state index in [1.807, 2.05) is 11.7 Å². The summed E-state index contributed by atoms with van der Waals surface area (Å²) in [6, 6.07) is 0.286. The highest BCUT2D eigenvalue weighted by molar-refractivity contribution is 7.09. The first-order valence-corrected chi connectivity index (χ1v) is 5.91. The van der Waals surface area contributed by atoms with E-state index in [0.717, 1.165) is 12.8 Å². The van der Waals surface area contributed by atoms with Crippen molar-refractivity contribution in [3.05, 3.63) is 16.6 Å². The number of hydrogen-bond donors (Lipinski definition) is 2. The maximum absolute atomic E-state index is 9.52. The van der Waals surface area contributed by atoms with Crippen molar-refractivity contribution in [2.75, 3.05) is 6.54 Å². The number of nitrogens with one attached hydrogen (secondary N) is 1. The fraction of sp³-hybridized carbons (Fsp3) is 0.700. The summed E-state index contributed by atoms with van der Waals surface area (Å²) in [5.74, 6) is 0. The van der Waals surface area contributed by atoms with Gasteiger partial charge in [0.1, 0.15) is 0 Å². The summed E-state index contributed by atoms with van der Waals surface area (Å²) in [6.07, 6.45) is 3.53. The first kappa shape index (κ1) is 11.6. The highest BCUT2D eigenvalue weighted by Crippen LogP contribution is 2.15. The second-order valence-corrected chi connectivity index (χ2v) is 4.39. The van der Waals surface area contributed by atoms with Gasteiger partial charge in [0.05, 0.1) is 11.6 Å². The second-order valence-electron chi connectivity index (χ2n) is 3.48. The van der Waals surface area contributed by atoms with E-state index < -0.39 is 0 Å². The van der Waals surface area contributed by atoms with Gasteiger partial charge in [-0.15, -0.1) is 11.3 Å². The Labute approximate surface area is 89.2 Å². The van der Waals surface area contributed by atoms with Crippen LogP contribution in [-0.4, -0.2) is 22.7 Å². The number of aliphatic hydroxyl groups excluding tert-OH is 1. The molecule has 2 N–H and O–H groups in total. The molecule has 0 aromatic carbocycles. The lowest BCUT2D eigenvalue weighted by atomic mass is 10.2. The summed E-state index contributed by atoms with van der Waals surface area (Å²) < 4.78 is 0. The van der Waals surface area contributed by atoms with Crippen molar-refractivity contribution in [2.24, 2.45) is 0 Å². The molecular weight excluding hydrogens is 196 g/mol. The maximum atomic E-state index is 9.52. The third kappa shape index (κ3) is 3.74. The van der Waals surface area contributed by atoms with E-state index in [0.29, 0.717) is 6.54 Å². The van der Waals surface area contributed by atoms with Crippen LogP contribution in [0.1, 0.15) is 37.6 Å². The van der Waals surface area contributed by atoms with Gasteiger partial charge < -0.3 is 10.4 Å². The van der Waals surface area contributed by atoms with Crippen molar-refractivity contribution in [2.45, 2.75) is 38.8 Å². The molecule has 0 aliphatic carbocycles. The Bertz CT molecular complexity index is 238. The zero-order chi connectivity index (χ0) is 10.4.